The number of carbonyl (C=O) groups is 2. The molecule has 0 aromatic rings. The molecular weight excluding hydrogens is 208 g/mol. The molecule has 16 heavy (non-hydrogen) atoms. The van der Waals surface area contributed by atoms with Crippen molar-refractivity contribution in [2.24, 2.45) is 5.41 Å². The third kappa shape index (κ3) is 2.52. The van der Waals surface area contributed by atoms with Crippen LogP contribution < -0.4 is 5.32 Å². The van der Waals surface area contributed by atoms with Crippen LogP contribution in [0.2, 0.25) is 0 Å². The monoisotopic (exact) mass is 226 g/mol. The van der Waals surface area contributed by atoms with E-state index in [9.17, 15) is 9.59 Å². The van der Waals surface area contributed by atoms with Crippen LogP contribution in [0.5, 0.6) is 0 Å². The minimum atomic E-state index is -0.246. The fraction of sp³-hybridized carbons (Fsp3) is 0.818. The summed E-state index contributed by atoms with van der Waals surface area (Å²) in [4.78, 5) is 24.3. The average molecular weight is 226 g/mol. The summed E-state index contributed by atoms with van der Waals surface area (Å²) in [5.41, 5.74) is 0.135. The van der Waals surface area contributed by atoms with Crippen molar-refractivity contribution in [3.8, 4) is 0 Å². The van der Waals surface area contributed by atoms with E-state index in [1.807, 2.05) is 0 Å². The maximum absolute atomic E-state index is 11.6. The highest BCUT2D eigenvalue weighted by Crippen LogP contribution is 2.31. The number of nitrogens with zero attached hydrogens (tertiary/aromatic N) is 1. The molecule has 3 amide bonds. The lowest BCUT2D eigenvalue weighted by Crippen LogP contribution is -2.53. The van der Waals surface area contributed by atoms with Crippen molar-refractivity contribution < 1.29 is 14.3 Å². The van der Waals surface area contributed by atoms with E-state index in [0.29, 0.717) is 13.0 Å². The first-order chi connectivity index (χ1) is 7.59. The van der Waals surface area contributed by atoms with Crippen LogP contribution in [-0.2, 0) is 9.53 Å². The molecule has 0 radical (unpaired) electrons. The molecule has 0 unspecified atom stereocenters. The Balaban J connectivity index is 1.93. The molecule has 0 atom stereocenters. The maximum atomic E-state index is 11.6. The summed E-state index contributed by atoms with van der Waals surface area (Å²) < 4.78 is 5.32. The lowest BCUT2D eigenvalue weighted by molar-refractivity contribution is -0.121. The van der Waals surface area contributed by atoms with Gasteiger partial charge in [-0.1, -0.05) is 6.92 Å². The fourth-order valence-electron chi connectivity index (χ4n) is 2.23. The van der Waals surface area contributed by atoms with Gasteiger partial charge in [0, 0.05) is 32.7 Å². The third-order valence-corrected chi connectivity index (χ3v) is 3.41. The van der Waals surface area contributed by atoms with Crippen LogP contribution in [0.4, 0.5) is 4.79 Å². The molecule has 2 aliphatic heterocycles. The van der Waals surface area contributed by atoms with Gasteiger partial charge in [-0.3, -0.25) is 10.1 Å². The molecule has 2 rings (SSSR count). The molecule has 0 spiro atoms. The molecular formula is C11H18N2O3. The number of hydrogen-bond acceptors (Lipinski definition) is 3. The number of rotatable bonds is 2. The predicted octanol–water partition coefficient (Wildman–Crippen LogP) is 0.745. The van der Waals surface area contributed by atoms with Crippen LogP contribution in [0.3, 0.4) is 0 Å². The molecule has 2 aliphatic rings. The summed E-state index contributed by atoms with van der Waals surface area (Å²) in [5.74, 6) is -0.168. The number of ether oxygens (including phenoxy) is 1. The van der Waals surface area contributed by atoms with Crippen molar-refractivity contribution in [3.63, 3.8) is 0 Å². The number of amides is 3. The standard InChI is InChI=1S/C11H18N2O3/c1-11(3-6-16-7-4-11)8-13-5-2-9(14)12-10(13)15/h2-8H2,1H3,(H,12,14,15). The topological polar surface area (TPSA) is 58.6 Å². The summed E-state index contributed by atoms with van der Waals surface area (Å²) in [5, 5.41) is 2.35. The second kappa shape index (κ2) is 4.41. The SMILES string of the molecule is CC1(CN2CCC(=O)NC2=O)CCOCC1. The molecule has 1 N–H and O–H groups in total. The van der Waals surface area contributed by atoms with E-state index in [1.165, 1.54) is 0 Å². The second-order valence-corrected chi connectivity index (χ2v) is 4.95. The van der Waals surface area contributed by atoms with Gasteiger partial charge in [-0.15, -0.1) is 0 Å². The summed E-state index contributed by atoms with van der Waals surface area (Å²) in [7, 11) is 0. The van der Waals surface area contributed by atoms with Crippen molar-refractivity contribution in [3.05, 3.63) is 0 Å². The van der Waals surface area contributed by atoms with Crippen molar-refractivity contribution >= 4 is 11.9 Å². The molecule has 2 heterocycles. The third-order valence-electron chi connectivity index (χ3n) is 3.41. The van der Waals surface area contributed by atoms with Gasteiger partial charge in [0.15, 0.2) is 0 Å². The van der Waals surface area contributed by atoms with Crippen LogP contribution in [0.25, 0.3) is 0 Å². The van der Waals surface area contributed by atoms with Gasteiger partial charge in [0.2, 0.25) is 5.91 Å². The maximum Gasteiger partial charge on any atom is 0.324 e. The van der Waals surface area contributed by atoms with Gasteiger partial charge in [-0.25, -0.2) is 4.79 Å². The highest BCUT2D eigenvalue weighted by Gasteiger charge is 2.33. The molecule has 0 aliphatic carbocycles. The predicted molar refractivity (Wildman–Crippen MR) is 57.9 cm³/mol. The van der Waals surface area contributed by atoms with E-state index in [4.69, 9.17) is 4.74 Å². The van der Waals surface area contributed by atoms with Crippen LogP contribution in [0.15, 0.2) is 0 Å². The highest BCUT2D eigenvalue weighted by atomic mass is 16.5. The number of nitrogens with one attached hydrogen (secondary N) is 1. The van der Waals surface area contributed by atoms with E-state index in [2.05, 4.69) is 12.2 Å². The Bertz CT molecular complexity index is 298. The fourth-order valence-corrected chi connectivity index (χ4v) is 2.23. The molecule has 0 aromatic heterocycles. The van der Waals surface area contributed by atoms with Gasteiger partial charge in [-0.2, -0.15) is 0 Å². The lowest BCUT2D eigenvalue weighted by Gasteiger charge is -2.39. The quantitative estimate of drug-likeness (QED) is 0.755. The van der Waals surface area contributed by atoms with Gasteiger partial charge >= 0.3 is 6.03 Å². The van der Waals surface area contributed by atoms with Crippen molar-refractivity contribution in [1.29, 1.82) is 0 Å². The largest absolute Gasteiger partial charge is 0.381 e. The number of imide groups is 1. The Morgan fingerprint density at radius 2 is 2.06 bits per heavy atom. The molecule has 0 aromatic carbocycles. The Morgan fingerprint density at radius 1 is 1.38 bits per heavy atom. The minimum Gasteiger partial charge on any atom is -0.381 e. The lowest BCUT2D eigenvalue weighted by atomic mass is 9.82. The van der Waals surface area contributed by atoms with Crippen LogP contribution >= 0.6 is 0 Å². The summed E-state index contributed by atoms with van der Waals surface area (Å²) in [6.45, 7) is 4.98. The summed E-state index contributed by atoms with van der Waals surface area (Å²) >= 11 is 0. The first-order valence-corrected chi connectivity index (χ1v) is 5.76. The van der Waals surface area contributed by atoms with Crippen molar-refractivity contribution in [1.82, 2.24) is 10.2 Å². The molecule has 0 bridgehead atoms. The zero-order valence-corrected chi connectivity index (χ0v) is 9.62. The van der Waals surface area contributed by atoms with Gasteiger partial charge in [0.05, 0.1) is 0 Å². The summed E-state index contributed by atoms with van der Waals surface area (Å²) in [6.07, 6.45) is 2.37. The molecule has 5 nitrogen and oxygen atoms in total. The first kappa shape index (κ1) is 11.4. The Morgan fingerprint density at radius 3 is 2.69 bits per heavy atom. The van der Waals surface area contributed by atoms with E-state index in [1.54, 1.807) is 4.90 Å². The molecule has 2 saturated heterocycles. The number of carbonyl (C=O) groups excluding carboxylic acids is 2. The van der Waals surface area contributed by atoms with Gasteiger partial charge < -0.3 is 9.64 Å². The van der Waals surface area contributed by atoms with Crippen molar-refractivity contribution in [2.45, 2.75) is 26.2 Å². The van der Waals surface area contributed by atoms with Crippen molar-refractivity contribution in [2.75, 3.05) is 26.3 Å². The van der Waals surface area contributed by atoms with Crippen LogP contribution in [0.1, 0.15) is 26.2 Å². The molecule has 2 fully saturated rings. The molecule has 5 heteroatoms. The summed E-state index contributed by atoms with van der Waals surface area (Å²) in [6, 6.07) is -0.246. The van der Waals surface area contributed by atoms with Gasteiger partial charge in [-0.05, 0) is 18.3 Å². The highest BCUT2D eigenvalue weighted by molar-refractivity contribution is 5.96. The minimum absolute atomic E-state index is 0.135. The van der Waals surface area contributed by atoms with Gasteiger partial charge in [0.1, 0.15) is 0 Å². The second-order valence-electron chi connectivity index (χ2n) is 4.95. The zero-order valence-electron chi connectivity index (χ0n) is 9.62. The molecule has 0 saturated carbocycles. The van der Waals surface area contributed by atoms with Crippen LogP contribution in [0, 0.1) is 5.41 Å². The molecule has 90 valence electrons. The number of urea groups is 1. The smallest absolute Gasteiger partial charge is 0.324 e. The average Bonchev–Trinajstić information content (AvgIpc) is 2.23. The van der Waals surface area contributed by atoms with Crippen LogP contribution in [-0.4, -0.2) is 43.1 Å². The Labute approximate surface area is 95.1 Å². The number of hydrogen-bond donors (Lipinski definition) is 1. The Hall–Kier alpha value is -1.10. The van der Waals surface area contributed by atoms with Gasteiger partial charge in [0.25, 0.3) is 0 Å². The van der Waals surface area contributed by atoms with E-state index in [-0.39, 0.29) is 17.4 Å². The Kier molecular flexibility index (Phi) is 3.14. The zero-order chi connectivity index (χ0) is 11.6. The van der Waals surface area contributed by atoms with E-state index < -0.39 is 0 Å². The normalized spacial score (nSPS) is 25.4. The van der Waals surface area contributed by atoms with E-state index in [0.717, 1.165) is 32.6 Å². The first-order valence-electron chi connectivity index (χ1n) is 5.76. The van der Waals surface area contributed by atoms with E-state index >= 15 is 0 Å².